The number of hydrogen-bond acceptors (Lipinski definition) is 4. The molecule has 1 fully saturated rings. The number of benzene rings is 1. The highest BCUT2D eigenvalue weighted by molar-refractivity contribution is 6.70. The topological polar surface area (TPSA) is 36.9 Å². The molecule has 0 heterocycles. The molecule has 26 heavy (non-hydrogen) atoms. The largest absolute Gasteiger partial charge is 0.520 e. The first-order valence-electron chi connectivity index (χ1n) is 9.22. The lowest BCUT2D eigenvalue weighted by Crippen LogP contribution is -2.48. The molecule has 0 amide bonds. The third-order valence-electron chi connectivity index (χ3n) is 5.01. The third kappa shape index (κ3) is 4.22. The Balaban J connectivity index is 1.85. The van der Waals surface area contributed by atoms with Gasteiger partial charge in [-0.15, -0.1) is 0 Å². The van der Waals surface area contributed by atoms with E-state index in [1.807, 2.05) is 18.2 Å². The Labute approximate surface area is 157 Å². The van der Waals surface area contributed by atoms with Crippen LogP contribution in [0, 0.1) is 5.92 Å². The fraction of sp³-hybridized carbons (Fsp3) is 0.524. The molecule has 5 heteroatoms. The second-order valence-electron chi connectivity index (χ2n) is 8.10. The van der Waals surface area contributed by atoms with Gasteiger partial charge in [-0.2, -0.15) is 0 Å². The maximum atomic E-state index is 6.32. The van der Waals surface area contributed by atoms with E-state index in [2.05, 4.69) is 43.9 Å². The van der Waals surface area contributed by atoms with Gasteiger partial charge < -0.3 is 18.6 Å². The summed E-state index contributed by atoms with van der Waals surface area (Å²) in [6.07, 6.45) is 6.09. The third-order valence-corrected chi connectivity index (χ3v) is 5.80. The first-order chi connectivity index (χ1) is 12.4. The molecule has 0 saturated heterocycles. The Morgan fingerprint density at radius 1 is 1.15 bits per heavy atom. The molecular weight excluding hydrogens is 344 g/mol. The maximum Gasteiger partial charge on any atom is 0.264 e. The molecule has 3 atom stereocenters. The van der Waals surface area contributed by atoms with Gasteiger partial charge in [0.05, 0.1) is 25.4 Å². The minimum atomic E-state index is -1.77. The van der Waals surface area contributed by atoms with Crippen LogP contribution in [0.2, 0.25) is 19.6 Å². The fourth-order valence-electron chi connectivity index (χ4n) is 3.74. The molecule has 0 spiro atoms. The van der Waals surface area contributed by atoms with Crippen molar-refractivity contribution >= 4 is 8.32 Å². The summed E-state index contributed by atoms with van der Waals surface area (Å²) in [4.78, 5) is 0. The van der Waals surface area contributed by atoms with Crippen LogP contribution in [0.15, 0.2) is 54.0 Å². The zero-order chi connectivity index (χ0) is 18.8. The van der Waals surface area contributed by atoms with Crippen molar-refractivity contribution in [1.82, 2.24) is 0 Å². The zero-order valence-corrected chi connectivity index (χ0v) is 17.5. The predicted molar refractivity (Wildman–Crippen MR) is 105 cm³/mol. The second kappa shape index (κ2) is 7.59. The fourth-order valence-corrected chi connectivity index (χ4v) is 4.51. The molecule has 0 aromatic heterocycles. The SMILES string of the molecule is CO/C(O[Si](C)(C)C)=C1/C[C@@]2(OC)C=C[C@@H]1[C@H](OCc1ccccc1)C2. The average Bonchev–Trinajstić information content (AvgIpc) is 2.65. The molecule has 4 nitrogen and oxygen atoms in total. The van der Waals surface area contributed by atoms with E-state index < -0.39 is 8.32 Å². The summed E-state index contributed by atoms with van der Waals surface area (Å²) in [7, 11) is 1.69. The lowest BCUT2D eigenvalue weighted by atomic mass is 9.68. The lowest BCUT2D eigenvalue weighted by molar-refractivity contribution is -0.0838. The van der Waals surface area contributed by atoms with Gasteiger partial charge in [0, 0.05) is 31.4 Å². The average molecular weight is 375 g/mol. The van der Waals surface area contributed by atoms with Crippen LogP contribution in [0.4, 0.5) is 0 Å². The molecule has 2 bridgehead atoms. The van der Waals surface area contributed by atoms with E-state index >= 15 is 0 Å². The molecule has 1 aromatic carbocycles. The molecule has 1 saturated carbocycles. The van der Waals surface area contributed by atoms with Crippen LogP contribution in [0.1, 0.15) is 18.4 Å². The van der Waals surface area contributed by atoms with Gasteiger partial charge in [0.15, 0.2) is 0 Å². The summed E-state index contributed by atoms with van der Waals surface area (Å²) in [6, 6.07) is 10.3. The molecule has 3 aliphatic rings. The van der Waals surface area contributed by atoms with Crippen molar-refractivity contribution in [2.24, 2.45) is 5.92 Å². The van der Waals surface area contributed by atoms with Crippen molar-refractivity contribution < 1.29 is 18.6 Å². The Morgan fingerprint density at radius 2 is 1.88 bits per heavy atom. The van der Waals surface area contributed by atoms with Crippen molar-refractivity contribution in [3.05, 3.63) is 59.6 Å². The van der Waals surface area contributed by atoms with Gasteiger partial charge in [0.25, 0.3) is 5.95 Å². The van der Waals surface area contributed by atoms with Crippen LogP contribution >= 0.6 is 0 Å². The van der Waals surface area contributed by atoms with E-state index in [9.17, 15) is 0 Å². The Kier molecular flexibility index (Phi) is 5.60. The van der Waals surface area contributed by atoms with Crippen molar-refractivity contribution in [2.45, 2.75) is 50.8 Å². The number of rotatable bonds is 7. The molecule has 0 radical (unpaired) electrons. The van der Waals surface area contributed by atoms with E-state index in [0.717, 1.165) is 18.4 Å². The van der Waals surface area contributed by atoms with E-state index in [1.165, 1.54) is 5.56 Å². The summed E-state index contributed by atoms with van der Waals surface area (Å²) in [5.74, 6) is 0.829. The number of hydrogen-bond donors (Lipinski definition) is 0. The first kappa shape index (κ1) is 19.2. The van der Waals surface area contributed by atoms with Crippen LogP contribution in [-0.4, -0.2) is 34.2 Å². The van der Waals surface area contributed by atoms with Gasteiger partial charge in [0.1, 0.15) is 0 Å². The highest BCUT2D eigenvalue weighted by atomic mass is 28.4. The molecule has 4 rings (SSSR count). The number of methoxy groups -OCH3 is 2. The van der Waals surface area contributed by atoms with Crippen molar-refractivity contribution in [3.8, 4) is 0 Å². The lowest BCUT2D eigenvalue weighted by Gasteiger charge is -2.47. The number of ether oxygens (including phenoxy) is 3. The van der Waals surface area contributed by atoms with Gasteiger partial charge >= 0.3 is 0 Å². The maximum absolute atomic E-state index is 6.32. The normalized spacial score (nSPS) is 29.6. The Hall–Kier alpha value is -1.56. The minimum absolute atomic E-state index is 0.0549. The molecule has 0 aliphatic heterocycles. The highest BCUT2D eigenvalue weighted by Gasteiger charge is 2.48. The molecular formula is C21H30O4Si. The van der Waals surface area contributed by atoms with E-state index in [0.29, 0.717) is 12.6 Å². The molecule has 3 aliphatic carbocycles. The van der Waals surface area contributed by atoms with Crippen molar-refractivity contribution in [1.29, 1.82) is 0 Å². The quantitative estimate of drug-likeness (QED) is 0.396. The van der Waals surface area contributed by atoms with Gasteiger partial charge in [-0.05, 0) is 25.2 Å². The van der Waals surface area contributed by atoms with E-state index in [4.69, 9.17) is 18.6 Å². The van der Waals surface area contributed by atoms with Crippen LogP contribution in [-0.2, 0) is 25.2 Å². The summed E-state index contributed by atoms with van der Waals surface area (Å²) in [5.41, 5.74) is 2.00. The molecule has 142 valence electrons. The Morgan fingerprint density at radius 3 is 2.50 bits per heavy atom. The zero-order valence-electron chi connectivity index (χ0n) is 16.5. The standard InChI is InChI=1S/C21H30O4Si/c1-22-20(25-26(3,4)5)18-13-21(23-2)12-11-17(18)19(14-21)24-15-16-9-7-6-8-10-16/h6-12,17,19H,13-15H2,1-5H3/b20-18+/t17-,19+,21-/m0/s1. The predicted octanol–water partition coefficient (Wildman–Crippen LogP) is 4.65. The highest BCUT2D eigenvalue weighted by Crippen LogP contribution is 2.47. The van der Waals surface area contributed by atoms with Crippen LogP contribution in [0.25, 0.3) is 0 Å². The number of fused-ring (bicyclic) bond motifs is 2. The minimum Gasteiger partial charge on any atom is -0.520 e. The van der Waals surface area contributed by atoms with E-state index in [1.54, 1.807) is 14.2 Å². The Bertz CT molecular complexity index is 677. The summed E-state index contributed by atoms with van der Waals surface area (Å²) < 4.78 is 24.1. The smallest absolute Gasteiger partial charge is 0.264 e. The molecule has 1 aromatic rings. The van der Waals surface area contributed by atoms with Crippen LogP contribution < -0.4 is 0 Å². The summed E-state index contributed by atoms with van der Waals surface area (Å²) in [6.45, 7) is 7.09. The monoisotopic (exact) mass is 374 g/mol. The van der Waals surface area contributed by atoms with Crippen molar-refractivity contribution in [3.63, 3.8) is 0 Å². The van der Waals surface area contributed by atoms with Gasteiger partial charge in [0.2, 0.25) is 8.32 Å². The summed E-state index contributed by atoms with van der Waals surface area (Å²) >= 11 is 0. The van der Waals surface area contributed by atoms with Crippen LogP contribution in [0.3, 0.4) is 0 Å². The second-order valence-corrected chi connectivity index (χ2v) is 12.5. The van der Waals surface area contributed by atoms with Gasteiger partial charge in [-0.25, -0.2) is 0 Å². The van der Waals surface area contributed by atoms with Gasteiger partial charge in [-0.3, -0.25) is 0 Å². The summed E-state index contributed by atoms with van der Waals surface area (Å²) in [5, 5.41) is 0. The van der Waals surface area contributed by atoms with Gasteiger partial charge in [-0.1, -0.05) is 42.5 Å². The van der Waals surface area contributed by atoms with E-state index in [-0.39, 0.29) is 17.6 Å². The molecule has 0 unspecified atom stereocenters. The molecule has 0 N–H and O–H groups in total. The van der Waals surface area contributed by atoms with Crippen LogP contribution in [0.5, 0.6) is 0 Å². The first-order valence-corrected chi connectivity index (χ1v) is 12.6. The van der Waals surface area contributed by atoms with Crippen molar-refractivity contribution in [2.75, 3.05) is 14.2 Å².